The molecule has 0 amide bonds. The van der Waals surface area contributed by atoms with Crippen LogP contribution in [0, 0.1) is 0 Å². The molecule has 3 aliphatic rings. The maximum Gasteiger partial charge on any atom is 0.337 e. The van der Waals surface area contributed by atoms with Gasteiger partial charge in [-0.25, -0.2) is 4.79 Å². The number of ketones is 1. The van der Waals surface area contributed by atoms with E-state index >= 15 is 0 Å². The number of allylic oxidation sites excluding steroid dienone is 3. The van der Waals surface area contributed by atoms with Crippen molar-refractivity contribution < 1.29 is 19.1 Å². The highest BCUT2D eigenvalue weighted by Gasteiger charge is 2.42. The Morgan fingerprint density at radius 1 is 1.03 bits per heavy atom. The molecular weight excluding hydrogens is 462 g/mol. The first kappa shape index (κ1) is 23.7. The fourth-order valence-corrected chi connectivity index (χ4v) is 5.95. The van der Waals surface area contributed by atoms with Gasteiger partial charge in [0.05, 0.1) is 17.7 Å². The van der Waals surface area contributed by atoms with Crippen LogP contribution in [-0.2, 0) is 14.3 Å². The summed E-state index contributed by atoms with van der Waals surface area (Å²) in [5, 5.41) is 3.86. The van der Waals surface area contributed by atoms with Crippen molar-refractivity contribution in [1.82, 2.24) is 5.32 Å². The summed E-state index contributed by atoms with van der Waals surface area (Å²) in [4.78, 5) is 27.2. The average Bonchev–Trinajstić information content (AvgIpc) is 3.36. The molecule has 1 heterocycles. The number of carbonyl (C=O) groups excluding carboxylic acids is 2. The van der Waals surface area contributed by atoms with Gasteiger partial charge >= 0.3 is 5.97 Å². The Kier molecular flexibility index (Phi) is 6.70. The van der Waals surface area contributed by atoms with Crippen LogP contribution >= 0.6 is 11.6 Å². The molecule has 2 aromatic rings. The molecule has 2 atom stereocenters. The van der Waals surface area contributed by atoms with Gasteiger partial charge in [0.15, 0.2) is 5.78 Å². The van der Waals surface area contributed by atoms with E-state index in [1.807, 2.05) is 31.2 Å². The number of esters is 1. The number of carbonyl (C=O) groups is 2. The molecule has 5 rings (SSSR count). The van der Waals surface area contributed by atoms with Gasteiger partial charge in [0.1, 0.15) is 11.9 Å². The summed E-state index contributed by atoms with van der Waals surface area (Å²) in [6, 6.07) is 15.6. The van der Waals surface area contributed by atoms with Gasteiger partial charge in [0.2, 0.25) is 0 Å². The molecule has 6 heteroatoms. The van der Waals surface area contributed by atoms with Crippen molar-refractivity contribution in [2.24, 2.45) is 0 Å². The number of hydrogen-bond donors (Lipinski definition) is 1. The van der Waals surface area contributed by atoms with Crippen molar-refractivity contribution >= 4 is 23.4 Å². The normalized spacial score (nSPS) is 22.7. The zero-order valence-corrected chi connectivity index (χ0v) is 20.9. The first-order chi connectivity index (χ1) is 17.0. The minimum atomic E-state index is -0.534. The second-order valence-electron chi connectivity index (χ2n) is 9.63. The summed E-state index contributed by atoms with van der Waals surface area (Å²) < 4.78 is 11.3. The van der Waals surface area contributed by atoms with Crippen LogP contribution in [-0.4, -0.2) is 25.0 Å². The molecule has 0 radical (unpaired) electrons. The van der Waals surface area contributed by atoms with E-state index in [2.05, 4.69) is 17.4 Å². The fraction of sp³-hybridized carbons (Fsp3) is 0.379. The summed E-state index contributed by atoms with van der Waals surface area (Å²) in [5.74, 6) is -0.206. The summed E-state index contributed by atoms with van der Waals surface area (Å²) in [7, 11) is 1.56. The first-order valence-corrected chi connectivity index (χ1v) is 12.7. The van der Waals surface area contributed by atoms with Crippen LogP contribution < -0.4 is 10.1 Å². The van der Waals surface area contributed by atoms with Crippen LogP contribution in [0.25, 0.3) is 0 Å². The second kappa shape index (κ2) is 9.90. The second-order valence-corrected chi connectivity index (χ2v) is 10.0. The van der Waals surface area contributed by atoms with Crippen molar-refractivity contribution in [3.05, 3.63) is 87.2 Å². The van der Waals surface area contributed by atoms with E-state index in [0.29, 0.717) is 34.8 Å². The molecule has 0 saturated heterocycles. The van der Waals surface area contributed by atoms with E-state index in [1.165, 1.54) is 0 Å². The van der Waals surface area contributed by atoms with Gasteiger partial charge in [-0.1, -0.05) is 48.0 Å². The lowest BCUT2D eigenvalue weighted by molar-refractivity contribution is -0.144. The number of dihydropyridines is 1. The summed E-state index contributed by atoms with van der Waals surface area (Å²) >= 11 is 6.49. The highest BCUT2D eigenvalue weighted by Crippen LogP contribution is 2.47. The molecule has 2 aromatic carbocycles. The molecule has 0 bridgehead atoms. The van der Waals surface area contributed by atoms with Gasteiger partial charge in [-0.05, 0) is 68.2 Å². The lowest BCUT2D eigenvalue weighted by Crippen LogP contribution is -2.36. The number of rotatable bonds is 5. The van der Waals surface area contributed by atoms with Crippen molar-refractivity contribution in [2.75, 3.05) is 7.11 Å². The van der Waals surface area contributed by atoms with Crippen molar-refractivity contribution in [2.45, 2.75) is 63.4 Å². The van der Waals surface area contributed by atoms with Crippen molar-refractivity contribution in [3.8, 4) is 5.75 Å². The lowest BCUT2D eigenvalue weighted by Gasteiger charge is -2.37. The van der Waals surface area contributed by atoms with Crippen LogP contribution in [0.3, 0.4) is 0 Å². The Morgan fingerprint density at radius 2 is 1.77 bits per heavy atom. The minimum absolute atomic E-state index is 0.0446. The maximum atomic E-state index is 13.7. The third-order valence-corrected chi connectivity index (χ3v) is 7.70. The average molecular weight is 492 g/mol. The van der Waals surface area contributed by atoms with E-state index in [9.17, 15) is 9.59 Å². The van der Waals surface area contributed by atoms with Crippen LogP contribution in [0.1, 0.15) is 68.4 Å². The summed E-state index contributed by atoms with van der Waals surface area (Å²) in [6.45, 7) is 1.89. The lowest BCUT2D eigenvalue weighted by atomic mass is 9.71. The van der Waals surface area contributed by atoms with E-state index in [4.69, 9.17) is 21.1 Å². The Bertz CT molecular complexity index is 1210. The topological polar surface area (TPSA) is 64.6 Å². The van der Waals surface area contributed by atoms with Crippen LogP contribution in [0.15, 0.2) is 71.1 Å². The molecule has 1 fully saturated rings. The quantitative estimate of drug-likeness (QED) is 0.505. The number of Topliss-reactive ketones (excluding diaryl/α,β-unsaturated/α-hetero) is 1. The monoisotopic (exact) mass is 491 g/mol. The van der Waals surface area contributed by atoms with E-state index in [0.717, 1.165) is 48.2 Å². The minimum Gasteiger partial charge on any atom is -0.495 e. The number of methoxy groups -OCH3 is 1. The molecular formula is C29H30ClNO4. The van der Waals surface area contributed by atoms with Gasteiger partial charge in [-0.3, -0.25) is 4.79 Å². The Morgan fingerprint density at radius 3 is 2.46 bits per heavy atom. The van der Waals surface area contributed by atoms with Crippen molar-refractivity contribution in [1.29, 1.82) is 0 Å². The molecule has 0 spiro atoms. The predicted octanol–water partition coefficient (Wildman–Crippen LogP) is 6.20. The molecule has 5 nitrogen and oxygen atoms in total. The highest BCUT2D eigenvalue weighted by atomic mass is 35.5. The molecule has 1 aliphatic heterocycles. The van der Waals surface area contributed by atoms with Crippen molar-refractivity contribution in [3.63, 3.8) is 0 Å². The smallest absolute Gasteiger partial charge is 0.337 e. The Labute approximate surface area is 211 Å². The molecule has 35 heavy (non-hydrogen) atoms. The number of ether oxygens (including phenoxy) is 2. The zero-order valence-electron chi connectivity index (χ0n) is 20.1. The molecule has 0 aromatic heterocycles. The van der Waals surface area contributed by atoms with Gasteiger partial charge in [0, 0.05) is 29.3 Å². The maximum absolute atomic E-state index is 13.7. The SMILES string of the molecule is COc1ccc([C@@H]2C(C(=O)OC3CCCC3)=C(C)NC3=C2C(=O)C[C@H](c2ccccc2)C3)cc1Cl. The number of hydrogen-bond acceptors (Lipinski definition) is 5. The predicted molar refractivity (Wildman–Crippen MR) is 135 cm³/mol. The molecule has 1 N–H and O–H groups in total. The van der Waals surface area contributed by atoms with E-state index in [1.54, 1.807) is 19.2 Å². The molecule has 1 saturated carbocycles. The Hall–Kier alpha value is -3.05. The molecule has 2 aliphatic carbocycles. The van der Waals surface area contributed by atoms with E-state index in [-0.39, 0.29) is 23.8 Å². The third kappa shape index (κ3) is 4.62. The summed E-state index contributed by atoms with van der Waals surface area (Å²) in [6.07, 6.45) is 4.94. The van der Waals surface area contributed by atoms with Crippen LogP contribution in [0.2, 0.25) is 5.02 Å². The van der Waals surface area contributed by atoms with Gasteiger partial charge in [-0.2, -0.15) is 0 Å². The van der Waals surface area contributed by atoms with Gasteiger partial charge in [-0.15, -0.1) is 0 Å². The first-order valence-electron chi connectivity index (χ1n) is 12.3. The van der Waals surface area contributed by atoms with Crippen LogP contribution in [0.4, 0.5) is 0 Å². The Balaban J connectivity index is 1.57. The molecule has 0 unspecified atom stereocenters. The van der Waals surface area contributed by atoms with Gasteiger partial charge in [0.25, 0.3) is 0 Å². The largest absolute Gasteiger partial charge is 0.495 e. The molecule has 182 valence electrons. The number of halogens is 1. The number of nitrogens with one attached hydrogen (secondary N) is 1. The van der Waals surface area contributed by atoms with E-state index < -0.39 is 5.92 Å². The van der Waals surface area contributed by atoms with Crippen LogP contribution in [0.5, 0.6) is 5.75 Å². The highest BCUT2D eigenvalue weighted by molar-refractivity contribution is 6.32. The summed E-state index contributed by atoms with van der Waals surface area (Å²) in [5.41, 5.74) is 4.67. The number of benzene rings is 2. The fourth-order valence-electron chi connectivity index (χ4n) is 5.69. The third-order valence-electron chi connectivity index (χ3n) is 7.40. The zero-order chi connectivity index (χ0) is 24.5. The standard InChI is InChI=1S/C29H30ClNO4/c1-17-26(29(33)35-21-10-6-7-11-21)27(19-12-13-25(34-2)22(30)14-19)28-23(31-17)15-20(16-24(28)32)18-8-4-3-5-9-18/h3-5,8-9,12-14,20-21,27,31H,6-7,10-11,15-16H2,1-2H3/t20-,27-/m1/s1. The van der Waals surface area contributed by atoms with Gasteiger partial charge < -0.3 is 14.8 Å².